The van der Waals surface area contributed by atoms with Crippen LogP contribution in [0.2, 0.25) is 0 Å². The van der Waals surface area contributed by atoms with E-state index in [0.29, 0.717) is 27.8 Å². The number of rotatable bonds is 5. The maximum absolute atomic E-state index is 12.6. The first kappa shape index (κ1) is 23.2. The molecule has 1 aliphatic rings. The van der Waals surface area contributed by atoms with Crippen molar-refractivity contribution in [1.29, 1.82) is 0 Å². The normalized spacial score (nSPS) is 24.5. The Morgan fingerprint density at radius 3 is 2.48 bits per heavy atom. The first-order chi connectivity index (χ1) is 15.6. The molecule has 4 rings (SSSR count). The number of carbonyl (C=O) groups is 1. The molecule has 3 aromatic rings. The predicted octanol–water partition coefficient (Wildman–Crippen LogP) is 3.40. The number of ether oxygens (including phenoxy) is 2. The Morgan fingerprint density at radius 1 is 1.09 bits per heavy atom. The summed E-state index contributed by atoms with van der Waals surface area (Å²) in [5.41, 5.74) is 0.378. The summed E-state index contributed by atoms with van der Waals surface area (Å²) in [6.45, 7) is 7.19. The predicted molar refractivity (Wildman–Crippen MR) is 122 cm³/mol. The van der Waals surface area contributed by atoms with Gasteiger partial charge in [0, 0.05) is 34.4 Å². The average molecular weight is 453 g/mol. The van der Waals surface area contributed by atoms with E-state index >= 15 is 0 Å². The topological polar surface area (TPSA) is 106 Å². The minimum atomic E-state index is -1.23. The van der Waals surface area contributed by atoms with E-state index in [1.165, 1.54) is 0 Å². The van der Waals surface area contributed by atoms with Crippen LogP contribution in [0, 0.1) is 12.8 Å². The van der Waals surface area contributed by atoms with Crippen molar-refractivity contribution in [3.8, 4) is 5.75 Å². The van der Waals surface area contributed by atoms with Gasteiger partial charge in [0.1, 0.15) is 17.4 Å². The SMILES string of the molecule is Cc1c(OC2OC(C)(C)[C@H](C)[C@@H](O)[C@@H]2O)ccc2cc(CC(=O)c3ccccc3)c(=O)oc12. The second kappa shape index (κ2) is 8.74. The number of ketones is 1. The largest absolute Gasteiger partial charge is 0.462 e. The summed E-state index contributed by atoms with van der Waals surface area (Å²) in [6.07, 6.45) is -3.40. The zero-order chi connectivity index (χ0) is 23.9. The summed E-state index contributed by atoms with van der Waals surface area (Å²) in [5.74, 6) is -0.0989. The molecule has 7 heteroatoms. The molecule has 2 aromatic carbocycles. The number of benzene rings is 2. The highest BCUT2D eigenvalue weighted by Crippen LogP contribution is 2.36. The van der Waals surface area contributed by atoms with Crippen LogP contribution in [-0.2, 0) is 11.2 Å². The van der Waals surface area contributed by atoms with Crippen LogP contribution in [0.25, 0.3) is 11.0 Å². The molecule has 0 aliphatic carbocycles. The third-order valence-corrected chi connectivity index (χ3v) is 6.52. The third kappa shape index (κ3) is 4.44. The summed E-state index contributed by atoms with van der Waals surface area (Å²) in [5, 5.41) is 21.5. The molecule has 0 bridgehead atoms. The smallest absolute Gasteiger partial charge is 0.339 e. The standard InChI is InChI=1S/C26H28O7/c1-14-20(31-25-22(29)21(28)15(2)26(3,4)33-25)11-10-17-12-18(24(30)32-23(14)17)13-19(27)16-8-6-5-7-9-16/h5-12,15,21-22,25,28-29H,13H2,1-4H3/t15-,21-,22+,25?/m1/s1. The molecule has 0 amide bonds. The minimum Gasteiger partial charge on any atom is -0.462 e. The first-order valence-corrected chi connectivity index (χ1v) is 10.9. The van der Waals surface area contributed by atoms with Gasteiger partial charge >= 0.3 is 5.63 Å². The van der Waals surface area contributed by atoms with Crippen LogP contribution in [0.1, 0.15) is 42.3 Å². The molecule has 1 fully saturated rings. The van der Waals surface area contributed by atoms with Crippen molar-refractivity contribution in [3.63, 3.8) is 0 Å². The van der Waals surface area contributed by atoms with Crippen LogP contribution in [0.5, 0.6) is 5.75 Å². The molecule has 1 aromatic heterocycles. The zero-order valence-electron chi connectivity index (χ0n) is 19.1. The van der Waals surface area contributed by atoms with Crippen LogP contribution in [-0.4, -0.2) is 40.1 Å². The van der Waals surface area contributed by atoms with Crippen molar-refractivity contribution in [1.82, 2.24) is 0 Å². The monoisotopic (exact) mass is 452 g/mol. The first-order valence-electron chi connectivity index (χ1n) is 10.9. The van der Waals surface area contributed by atoms with Gasteiger partial charge in [0.2, 0.25) is 6.29 Å². The van der Waals surface area contributed by atoms with Crippen LogP contribution >= 0.6 is 0 Å². The van der Waals surface area contributed by atoms with Gasteiger partial charge in [-0.15, -0.1) is 0 Å². The van der Waals surface area contributed by atoms with Crippen LogP contribution < -0.4 is 10.4 Å². The van der Waals surface area contributed by atoms with Crippen molar-refractivity contribution < 1.29 is 28.9 Å². The second-order valence-corrected chi connectivity index (χ2v) is 9.11. The maximum Gasteiger partial charge on any atom is 0.339 e. The molecule has 7 nitrogen and oxygen atoms in total. The van der Waals surface area contributed by atoms with Gasteiger partial charge in [0.05, 0.1) is 11.7 Å². The minimum absolute atomic E-state index is 0.0627. The van der Waals surface area contributed by atoms with Gasteiger partial charge < -0.3 is 24.1 Å². The fourth-order valence-electron chi connectivity index (χ4n) is 4.06. The van der Waals surface area contributed by atoms with Gasteiger partial charge in [0.15, 0.2) is 5.78 Å². The Labute approximate surface area is 191 Å². The Morgan fingerprint density at radius 2 is 1.79 bits per heavy atom. The summed E-state index contributed by atoms with van der Waals surface area (Å²) in [4.78, 5) is 25.1. The van der Waals surface area contributed by atoms with Gasteiger partial charge in [-0.25, -0.2) is 4.79 Å². The maximum atomic E-state index is 12.6. The lowest BCUT2D eigenvalue weighted by molar-refractivity contribution is -0.285. The average Bonchev–Trinajstić information content (AvgIpc) is 2.79. The summed E-state index contributed by atoms with van der Waals surface area (Å²) >= 11 is 0. The molecule has 4 atom stereocenters. The van der Waals surface area contributed by atoms with Gasteiger partial charge in [0.25, 0.3) is 0 Å². The van der Waals surface area contributed by atoms with Crippen molar-refractivity contribution in [2.75, 3.05) is 0 Å². The summed E-state index contributed by atoms with van der Waals surface area (Å²) < 4.78 is 17.4. The summed E-state index contributed by atoms with van der Waals surface area (Å²) in [6, 6.07) is 13.8. The Bertz CT molecular complexity index is 1230. The second-order valence-electron chi connectivity index (χ2n) is 9.11. The quantitative estimate of drug-likeness (QED) is 0.451. The zero-order valence-corrected chi connectivity index (χ0v) is 19.1. The van der Waals surface area contributed by atoms with Crippen molar-refractivity contribution in [2.45, 2.75) is 58.2 Å². The number of aliphatic hydroxyl groups excluding tert-OH is 2. The fourth-order valence-corrected chi connectivity index (χ4v) is 4.06. The van der Waals surface area contributed by atoms with Crippen LogP contribution in [0.3, 0.4) is 0 Å². The molecule has 0 radical (unpaired) electrons. The highest BCUT2D eigenvalue weighted by molar-refractivity contribution is 5.97. The molecule has 0 spiro atoms. The number of fused-ring (bicyclic) bond motifs is 1. The molecule has 1 unspecified atom stereocenters. The lowest BCUT2D eigenvalue weighted by Gasteiger charge is -2.46. The highest BCUT2D eigenvalue weighted by atomic mass is 16.7. The number of aliphatic hydroxyl groups is 2. The molecule has 1 aliphatic heterocycles. The molecular formula is C26H28O7. The van der Waals surface area contributed by atoms with Gasteiger partial charge in [-0.2, -0.15) is 0 Å². The molecule has 33 heavy (non-hydrogen) atoms. The van der Waals surface area contributed by atoms with E-state index in [-0.39, 0.29) is 23.7 Å². The van der Waals surface area contributed by atoms with E-state index in [1.807, 2.05) is 19.9 Å². The van der Waals surface area contributed by atoms with Gasteiger partial charge in [-0.05, 0) is 39.0 Å². The van der Waals surface area contributed by atoms with Crippen molar-refractivity contribution in [3.05, 3.63) is 75.6 Å². The number of aryl methyl sites for hydroxylation is 1. The van der Waals surface area contributed by atoms with E-state index in [9.17, 15) is 19.8 Å². The Kier molecular flexibility index (Phi) is 6.14. The van der Waals surface area contributed by atoms with E-state index < -0.39 is 29.7 Å². The molecular weight excluding hydrogens is 424 g/mol. The molecule has 174 valence electrons. The number of Topliss-reactive ketones (excluding diaryl/α,β-unsaturated/α-hetero) is 1. The number of hydrogen-bond acceptors (Lipinski definition) is 7. The van der Waals surface area contributed by atoms with Gasteiger partial charge in [-0.3, -0.25) is 4.79 Å². The molecule has 1 saturated heterocycles. The highest BCUT2D eigenvalue weighted by Gasteiger charge is 2.47. The van der Waals surface area contributed by atoms with Crippen molar-refractivity contribution in [2.24, 2.45) is 5.92 Å². The fraction of sp³-hybridized carbons (Fsp3) is 0.385. The number of hydrogen-bond donors (Lipinski definition) is 2. The van der Waals surface area contributed by atoms with Crippen molar-refractivity contribution >= 4 is 16.8 Å². The Hall–Kier alpha value is -3.00. The summed E-state index contributed by atoms with van der Waals surface area (Å²) in [7, 11) is 0. The molecule has 2 heterocycles. The molecule has 0 saturated carbocycles. The number of carbonyl (C=O) groups excluding carboxylic acids is 1. The van der Waals surface area contributed by atoms with Crippen LogP contribution in [0.4, 0.5) is 0 Å². The third-order valence-electron chi connectivity index (χ3n) is 6.52. The van der Waals surface area contributed by atoms with E-state index in [2.05, 4.69) is 0 Å². The lowest BCUT2D eigenvalue weighted by Crippen LogP contribution is -2.59. The van der Waals surface area contributed by atoms with E-state index in [0.717, 1.165) is 0 Å². The van der Waals surface area contributed by atoms with E-state index in [1.54, 1.807) is 56.3 Å². The molecule has 2 N–H and O–H groups in total. The van der Waals surface area contributed by atoms with Crippen LogP contribution in [0.15, 0.2) is 57.7 Å². The Balaban J connectivity index is 1.61. The van der Waals surface area contributed by atoms with Gasteiger partial charge in [-0.1, -0.05) is 37.3 Å². The van der Waals surface area contributed by atoms with E-state index in [4.69, 9.17) is 13.9 Å². The lowest BCUT2D eigenvalue weighted by atomic mass is 9.82.